The number of esters is 2. The minimum absolute atomic E-state index is 0.0272. The molecule has 0 amide bonds. The Bertz CT molecular complexity index is 420. The van der Waals surface area contributed by atoms with Crippen LogP contribution in [0.15, 0.2) is 0 Å². The number of quaternary nitrogens is 1. The second-order valence-corrected chi connectivity index (χ2v) is 7.10. The number of nitrogens with zero attached hydrogens (tertiary/aromatic N) is 1. The van der Waals surface area contributed by atoms with Gasteiger partial charge in [-0.15, -0.1) is 0 Å². The Kier molecular flexibility index (Phi) is 8.80. The molecule has 0 aromatic rings. The molecule has 130 valence electrons. The molecule has 2 atom stereocenters. The van der Waals surface area contributed by atoms with E-state index in [4.69, 9.17) is 13.8 Å². The fourth-order valence-electron chi connectivity index (χ4n) is 1.21. The van der Waals surface area contributed by atoms with Gasteiger partial charge in [0.2, 0.25) is 0 Å². The minimum Gasteiger partial charge on any atom is -0.462 e. The van der Waals surface area contributed by atoms with Gasteiger partial charge < -0.3 is 18.9 Å². The summed E-state index contributed by atoms with van der Waals surface area (Å²) < 4.78 is 31.3. The van der Waals surface area contributed by atoms with Crippen molar-refractivity contribution >= 4 is 19.8 Å². The van der Waals surface area contributed by atoms with Crippen LogP contribution in [-0.4, -0.2) is 74.9 Å². The summed E-state index contributed by atoms with van der Waals surface area (Å²) in [5, 5.41) is 0. The van der Waals surface area contributed by atoms with Gasteiger partial charge in [0.15, 0.2) is 6.10 Å². The van der Waals surface area contributed by atoms with E-state index in [-0.39, 0.29) is 13.2 Å². The highest BCUT2D eigenvalue weighted by molar-refractivity contribution is 7.47. The number of hydrogen-bond acceptors (Lipinski definition) is 7. The van der Waals surface area contributed by atoms with Crippen LogP contribution in [0, 0.1) is 0 Å². The van der Waals surface area contributed by atoms with Crippen molar-refractivity contribution < 1.29 is 42.1 Å². The molecule has 0 aliphatic carbocycles. The zero-order valence-corrected chi connectivity index (χ0v) is 14.5. The third kappa shape index (κ3) is 12.7. The third-order valence-electron chi connectivity index (χ3n) is 2.25. The summed E-state index contributed by atoms with van der Waals surface area (Å²) in [4.78, 5) is 31.2. The molecule has 10 heteroatoms. The summed E-state index contributed by atoms with van der Waals surface area (Å²) >= 11 is 0. The number of carbonyl (C=O) groups excluding carboxylic acids is 2. The summed E-state index contributed by atoms with van der Waals surface area (Å²) in [6, 6.07) is 0. The molecule has 1 N–H and O–H groups in total. The standard InChI is InChI=1S/C12H24NO8P/c1-10(14)18-8-12(21-11(2)15)9-20-22(16,17)19-7-6-13(3,4)5/h12H,6-9H2,1-5H3/p+1/t12-/m1/s1. The first kappa shape index (κ1) is 21.0. The zero-order valence-electron chi connectivity index (χ0n) is 13.6. The maximum atomic E-state index is 11.7. The third-order valence-corrected chi connectivity index (χ3v) is 3.23. The van der Waals surface area contributed by atoms with Crippen LogP contribution in [0.25, 0.3) is 0 Å². The minimum atomic E-state index is -4.27. The molecular weight excluding hydrogens is 317 g/mol. The highest BCUT2D eigenvalue weighted by Crippen LogP contribution is 2.43. The molecule has 0 rings (SSSR count). The molecule has 0 radical (unpaired) electrons. The molecule has 0 aliphatic rings. The lowest BCUT2D eigenvalue weighted by molar-refractivity contribution is -0.870. The van der Waals surface area contributed by atoms with E-state index in [1.807, 2.05) is 21.1 Å². The molecule has 9 nitrogen and oxygen atoms in total. The van der Waals surface area contributed by atoms with Gasteiger partial charge in [0.25, 0.3) is 0 Å². The topological polar surface area (TPSA) is 108 Å². The smallest absolute Gasteiger partial charge is 0.462 e. The molecule has 1 unspecified atom stereocenters. The van der Waals surface area contributed by atoms with Crippen molar-refractivity contribution in [3.63, 3.8) is 0 Å². The normalized spacial score (nSPS) is 15.7. The molecule has 0 saturated carbocycles. The van der Waals surface area contributed by atoms with Crippen molar-refractivity contribution in [3.8, 4) is 0 Å². The van der Waals surface area contributed by atoms with Crippen LogP contribution >= 0.6 is 7.82 Å². The fraction of sp³-hybridized carbons (Fsp3) is 0.833. The first-order valence-electron chi connectivity index (χ1n) is 6.64. The monoisotopic (exact) mass is 342 g/mol. The van der Waals surface area contributed by atoms with Gasteiger partial charge in [-0.1, -0.05) is 0 Å². The van der Waals surface area contributed by atoms with Gasteiger partial charge in [-0.05, 0) is 0 Å². The van der Waals surface area contributed by atoms with Crippen molar-refractivity contribution in [1.82, 2.24) is 0 Å². The van der Waals surface area contributed by atoms with E-state index in [1.165, 1.54) is 6.92 Å². The molecular formula is C12H25NO8P+. The van der Waals surface area contributed by atoms with E-state index in [1.54, 1.807) is 0 Å². The summed E-state index contributed by atoms with van der Waals surface area (Å²) in [6.45, 7) is 2.19. The number of hydrogen-bond donors (Lipinski definition) is 1. The highest BCUT2D eigenvalue weighted by atomic mass is 31.2. The molecule has 0 saturated heterocycles. The average molecular weight is 342 g/mol. The van der Waals surface area contributed by atoms with Gasteiger partial charge in [-0.2, -0.15) is 0 Å². The summed E-state index contributed by atoms with van der Waals surface area (Å²) in [5.74, 6) is -1.19. The first-order valence-corrected chi connectivity index (χ1v) is 8.14. The molecule has 0 heterocycles. The lowest BCUT2D eigenvalue weighted by Gasteiger charge is -2.24. The van der Waals surface area contributed by atoms with E-state index in [0.717, 1.165) is 6.92 Å². The lowest BCUT2D eigenvalue weighted by Crippen LogP contribution is -2.37. The van der Waals surface area contributed by atoms with Crippen LogP contribution in [-0.2, 0) is 32.7 Å². The van der Waals surface area contributed by atoms with Gasteiger partial charge in [-0.25, -0.2) is 4.57 Å². The maximum absolute atomic E-state index is 11.7. The quantitative estimate of drug-likeness (QED) is 0.343. The predicted octanol–water partition coefficient (Wildman–Crippen LogP) is 0.321. The number of rotatable bonds is 10. The van der Waals surface area contributed by atoms with Crippen molar-refractivity contribution in [1.29, 1.82) is 0 Å². The number of phosphoric acid groups is 1. The Morgan fingerprint density at radius 2 is 1.68 bits per heavy atom. The zero-order chi connectivity index (χ0) is 17.4. The van der Waals surface area contributed by atoms with Gasteiger partial charge in [0.1, 0.15) is 19.8 Å². The van der Waals surface area contributed by atoms with Gasteiger partial charge in [0.05, 0.1) is 27.7 Å². The molecule has 0 spiro atoms. The fourth-order valence-corrected chi connectivity index (χ4v) is 1.95. The van der Waals surface area contributed by atoms with Gasteiger partial charge in [0, 0.05) is 13.8 Å². The number of carbonyl (C=O) groups is 2. The Hall–Kier alpha value is -0.990. The number of phosphoric ester groups is 1. The second-order valence-electron chi connectivity index (χ2n) is 5.65. The van der Waals surface area contributed by atoms with Crippen molar-refractivity contribution in [3.05, 3.63) is 0 Å². The van der Waals surface area contributed by atoms with Crippen LogP contribution in [0.1, 0.15) is 13.8 Å². The number of ether oxygens (including phenoxy) is 2. The highest BCUT2D eigenvalue weighted by Gasteiger charge is 2.26. The van der Waals surface area contributed by atoms with E-state index in [0.29, 0.717) is 11.0 Å². The summed E-state index contributed by atoms with van der Waals surface area (Å²) in [5.41, 5.74) is 0. The average Bonchev–Trinajstić information content (AvgIpc) is 2.30. The molecule has 0 fully saturated rings. The first-order chi connectivity index (χ1) is 9.91. The summed E-state index contributed by atoms with van der Waals surface area (Å²) in [6.07, 6.45) is -0.983. The van der Waals surface area contributed by atoms with Crippen molar-refractivity contribution in [2.45, 2.75) is 20.0 Å². The van der Waals surface area contributed by atoms with Crippen molar-refractivity contribution in [2.75, 3.05) is 47.5 Å². The predicted molar refractivity (Wildman–Crippen MR) is 76.8 cm³/mol. The van der Waals surface area contributed by atoms with Crippen LogP contribution < -0.4 is 0 Å². The molecule has 0 aromatic carbocycles. The van der Waals surface area contributed by atoms with E-state index < -0.39 is 32.5 Å². The van der Waals surface area contributed by atoms with E-state index >= 15 is 0 Å². The molecule has 0 aliphatic heterocycles. The van der Waals surface area contributed by atoms with Gasteiger partial charge in [-0.3, -0.25) is 18.6 Å². The molecule has 0 aromatic heterocycles. The number of likely N-dealkylation sites (N-methyl/N-ethyl adjacent to an activating group) is 1. The Labute approximate surface area is 130 Å². The summed E-state index contributed by atoms with van der Waals surface area (Å²) in [7, 11) is 1.45. The maximum Gasteiger partial charge on any atom is 0.472 e. The SMILES string of the molecule is CC(=O)OC[C@H](COP(=O)(O)OCC[N+](C)(C)C)OC(C)=O. The Balaban J connectivity index is 4.32. The van der Waals surface area contributed by atoms with Crippen molar-refractivity contribution in [2.24, 2.45) is 0 Å². The van der Waals surface area contributed by atoms with Crippen LogP contribution in [0.5, 0.6) is 0 Å². The van der Waals surface area contributed by atoms with E-state index in [2.05, 4.69) is 4.74 Å². The Morgan fingerprint density at radius 3 is 2.14 bits per heavy atom. The molecule has 0 bridgehead atoms. The van der Waals surface area contributed by atoms with Crippen LogP contribution in [0.2, 0.25) is 0 Å². The molecule has 22 heavy (non-hydrogen) atoms. The van der Waals surface area contributed by atoms with Gasteiger partial charge >= 0.3 is 19.8 Å². The van der Waals surface area contributed by atoms with E-state index in [9.17, 15) is 19.0 Å². The van der Waals surface area contributed by atoms with Crippen LogP contribution in [0.4, 0.5) is 0 Å². The lowest BCUT2D eigenvalue weighted by atomic mass is 10.4. The Morgan fingerprint density at radius 1 is 1.09 bits per heavy atom. The largest absolute Gasteiger partial charge is 0.472 e. The van der Waals surface area contributed by atoms with Crippen LogP contribution in [0.3, 0.4) is 0 Å². The second kappa shape index (κ2) is 9.22.